The minimum Gasteiger partial charge on any atom is -0.412 e. The SMILES string of the molecule is Cn1c2c3ccccc3nc-2cc2ccccc21.O. The predicted octanol–water partition coefficient (Wildman–Crippen LogP) is 3.01. The molecule has 3 nitrogen and oxygen atoms in total. The molecule has 4 rings (SSSR count). The van der Waals surface area contributed by atoms with Gasteiger partial charge in [0.2, 0.25) is 0 Å². The van der Waals surface area contributed by atoms with E-state index >= 15 is 0 Å². The van der Waals surface area contributed by atoms with Gasteiger partial charge in [0.1, 0.15) is 0 Å². The first-order valence-electron chi connectivity index (χ1n) is 6.07. The maximum absolute atomic E-state index is 4.71. The molecule has 0 aliphatic carbocycles. The Bertz CT molecular complexity index is 848. The molecule has 0 amide bonds. The molecule has 94 valence electrons. The number of fused-ring (bicyclic) bond motifs is 4. The number of pyridine rings is 1. The van der Waals surface area contributed by atoms with E-state index in [4.69, 9.17) is 4.98 Å². The number of rotatable bonds is 0. The summed E-state index contributed by atoms with van der Waals surface area (Å²) >= 11 is 0. The van der Waals surface area contributed by atoms with Crippen LogP contribution < -0.4 is 0 Å². The Kier molecular flexibility index (Phi) is 2.50. The molecule has 0 aromatic heterocycles. The number of hydrogen-bond donors (Lipinski definition) is 0. The molecule has 2 N–H and O–H groups in total. The first-order chi connectivity index (χ1) is 8.84. The second kappa shape index (κ2) is 4.07. The monoisotopic (exact) mass is 250 g/mol. The second-order valence-electron chi connectivity index (χ2n) is 4.62. The Morgan fingerprint density at radius 3 is 2.58 bits per heavy atom. The summed E-state index contributed by atoms with van der Waals surface area (Å²) in [6.07, 6.45) is 0. The van der Waals surface area contributed by atoms with Crippen molar-refractivity contribution in [1.29, 1.82) is 0 Å². The highest BCUT2D eigenvalue weighted by atomic mass is 16.0. The lowest BCUT2D eigenvalue weighted by Gasteiger charge is -2.11. The van der Waals surface area contributed by atoms with Gasteiger partial charge in [0.15, 0.2) is 0 Å². The molecular weight excluding hydrogens is 236 g/mol. The molecule has 0 atom stereocenters. The Morgan fingerprint density at radius 2 is 1.68 bits per heavy atom. The van der Waals surface area contributed by atoms with Crippen molar-refractivity contribution in [3.63, 3.8) is 0 Å². The van der Waals surface area contributed by atoms with Crippen molar-refractivity contribution in [2.45, 2.75) is 0 Å². The smallest absolute Gasteiger partial charge is 0.0887 e. The summed E-state index contributed by atoms with van der Waals surface area (Å²) in [7, 11) is 2.11. The van der Waals surface area contributed by atoms with Gasteiger partial charge in [-0.05, 0) is 18.2 Å². The van der Waals surface area contributed by atoms with Crippen LogP contribution in [0, 0.1) is 0 Å². The summed E-state index contributed by atoms with van der Waals surface area (Å²) in [5, 5.41) is 2.45. The van der Waals surface area contributed by atoms with Crippen LogP contribution >= 0.6 is 0 Å². The number of hydrogen-bond acceptors (Lipinski definition) is 1. The lowest BCUT2D eigenvalue weighted by molar-refractivity contribution is 0.824. The van der Waals surface area contributed by atoms with E-state index in [-0.39, 0.29) is 5.48 Å². The van der Waals surface area contributed by atoms with Crippen LogP contribution in [-0.4, -0.2) is 15.0 Å². The highest BCUT2D eigenvalue weighted by Crippen LogP contribution is 2.33. The van der Waals surface area contributed by atoms with Crippen LogP contribution in [-0.2, 0) is 7.05 Å². The largest absolute Gasteiger partial charge is 0.412 e. The third kappa shape index (κ3) is 1.52. The minimum absolute atomic E-state index is 0. The molecular formula is C16H14N2O. The number of benzene rings is 2. The van der Waals surface area contributed by atoms with E-state index in [2.05, 4.69) is 60.1 Å². The van der Waals surface area contributed by atoms with Crippen LogP contribution in [0.3, 0.4) is 0 Å². The van der Waals surface area contributed by atoms with Crippen LogP contribution in [0.4, 0.5) is 0 Å². The lowest BCUT2D eigenvalue weighted by Crippen LogP contribution is -1.98. The van der Waals surface area contributed by atoms with Crippen molar-refractivity contribution < 1.29 is 5.48 Å². The zero-order chi connectivity index (χ0) is 12.1. The number of aryl methyl sites for hydroxylation is 1. The Balaban J connectivity index is 0.00000110. The van der Waals surface area contributed by atoms with Gasteiger partial charge in [-0.3, -0.25) is 0 Å². The van der Waals surface area contributed by atoms with Gasteiger partial charge in [0, 0.05) is 23.3 Å². The molecule has 2 aromatic carbocycles. The first-order valence-corrected chi connectivity index (χ1v) is 6.07. The number of nitrogens with zero attached hydrogens (tertiary/aromatic N) is 2. The number of para-hydroxylation sites is 2. The molecule has 0 saturated carbocycles. The van der Waals surface area contributed by atoms with Crippen LogP contribution in [0.5, 0.6) is 0 Å². The third-order valence-corrected chi connectivity index (χ3v) is 3.57. The van der Waals surface area contributed by atoms with Crippen molar-refractivity contribution in [1.82, 2.24) is 9.55 Å². The average Bonchev–Trinajstić information content (AvgIpc) is 2.77. The van der Waals surface area contributed by atoms with Gasteiger partial charge in [0.05, 0.1) is 16.9 Å². The molecule has 3 heteroatoms. The molecule has 2 aliphatic heterocycles. The fourth-order valence-electron chi connectivity index (χ4n) is 2.73. The standard InChI is InChI=1S/C16H12N2.H2O/c1-18-15-9-5-2-6-11(15)10-14-16(18)12-7-3-4-8-13(12)17-14;/h2-10H,1H3;1H2. The summed E-state index contributed by atoms with van der Waals surface area (Å²) in [5.41, 5.74) is 4.59. The predicted molar refractivity (Wildman–Crippen MR) is 78.5 cm³/mol. The van der Waals surface area contributed by atoms with Gasteiger partial charge in [-0.1, -0.05) is 36.4 Å². The Hall–Kier alpha value is -2.39. The van der Waals surface area contributed by atoms with E-state index in [0.29, 0.717) is 0 Å². The summed E-state index contributed by atoms with van der Waals surface area (Å²) in [6, 6.07) is 18.9. The molecule has 2 aromatic rings. The van der Waals surface area contributed by atoms with Crippen LogP contribution in [0.2, 0.25) is 0 Å². The molecule has 0 fully saturated rings. The van der Waals surface area contributed by atoms with Crippen molar-refractivity contribution in [2.24, 2.45) is 7.05 Å². The van der Waals surface area contributed by atoms with Gasteiger partial charge >= 0.3 is 0 Å². The normalized spacial score (nSPS) is 11.0. The van der Waals surface area contributed by atoms with Crippen LogP contribution in [0.25, 0.3) is 33.2 Å². The van der Waals surface area contributed by atoms with Gasteiger partial charge < -0.3 is 10.0 Å². The third-order valence-electron chi connectivity index (χ3n) is 3.57. The van der Waals surface area contributed by atoms with E-state index in [9.17, 15) is 0 Å². The highest BCUT2D eigenvalue weighted by Gasteiger charge is 2.15. The summed E-state index contributed by atoms with van der Waals surface area (Å²) in [5.74, 6) is 0. The average molecular weight is 250 g/mol. The molecule has 2 heterocycles. The highest BCUT2D eigenvalue weighted by molar-refractivity contribution is 5.99. The van der Waals surface area contributed by atoms with Crippen molar-refractivity contribution in [3.05, 3.63) is 54.6 Å². The van der Waals surface area contributed by atoms with Crippen LogP contribution in [0.15, 0.2) is 54.6 Å². The zero-order valence-corrected chi connectivity index (χ0v) is 10.6. The molecule has 2 aliphatic rings. The summed E-state index contributed by atoms with van der Waals surface area (Å²) in [6.45, 7) is 0. The lowest BCUT2D eigenvalue weighted by atomic mass is 10.1. The summed E-state index contributed by atoms with van der Waals surface area (Å²) < 4.78 is 2.24. The molecule has 0 saturated heterocycles. The van der Waals surface area contributed by atoms with Gasteiger partial charge in [0.25, 0.3) is 0 Å². The maximum Gasteiger partial charge on any atom is 0.0887 e. The minimum atomic E-state index is 0. The van der Waals surface area contributed by atoms with Crippen molar-refractivity contribution in [3.8, 4) is 11.4 Å². The van der Waals surface area contributed by atoms with E-state index in [1.165, 1.54) is 22.0 Å². The van der Waals surface area contributed by atoms with Crippen molar-refractivity contribution >= 4 is 21.8 Å². The van der Waals surface area contributed by atoms with Gasteiger partial charge in [-0.2, -0.15) is 0 Å². The van der Waals surface area contributed by atoms with Gasteiger partial charge in [-0.15, -0.1) is 0 Å². The molecule has 0 bridgehead atoms. The number of aromatic nitrogens is 2. The summed E-state index contributed by atoms with van der Waals surface area (Å²) in [4.78, 5) is 4.71. The van der Waals surface area contributed by atoms with E-state index in [0.717, 1.165) is 11.2 Å². The van der Waals surface area contributed by atoms with E-state index in [1.54, 1.807) is 0 Å². The second-order valence-corrected chi connectivity index (χ2v) is 4.62. The fraction of sp³-hybridized carbons (Fsp3) is 0.0625. The first kappa shape index (κ1) is 11.7. The van der Waals surface area contributed by atoms with Crippen molar-refractivity contribution in [2.75, 3.05) is 0 Å². The van der Waals surface area contributed by atoms with E-state index in [1.807, 2.05) is 6.07 Å². The van der Waals surface area contributed by atoms with Crippen LogP contribution in [0.1, 0.15) is 0 Å². The molecule has 0 radical (unpaired) electrons. The quantitative estimate of drug-likeness (QED) is 0.473. The molecule has 19 heavy (non-hydrogen) atoms. The zero-order valence-electron chi connectivity index (χ0n) is 10.6. The Labute approximate surface area is 110 Å². The topological polar surface area (TPSA) is 49.3 Å². The van der Waals surface area contributed by atoms with Gasteiger partial charge in [-0.25, -0.2) is 4.98 Å². The maximum atomic E-state index is 4.71. The molecule has 0 spiro atoms. The Morgan fingerprint density at radius 1 is 0.947 bits per heavy atom. The molecule has 0 unspecified atom stereocenters. The van der Waals surface area contributed by atoms with E-state index < -0.39 is 0 Å². The fourth-order valence-corrected chi connectivity index (χ4v) is 2.73.